The lowest BCUT2D eigenvalue weighted by Crippen LogP contribution is -2.31. The lowest BCUT2D eigenvalue weighted by molar-refractivity contribution is 0.425. The van der Waals surface area contributed by atoms with Crippen LogP contribution in [0, 0.1) is 6.92 Å². The zero-order chi connectivity index (χ0) is 9.42. The summed E-state index contributed by atoms with van der Waals surface area (Å²) in [6.07, 6.45) is 1.68. The number of halogens is 1. The molecule has 0 saturated heterocycles. The fraction of sp³-hybridized carbons (Fsp3) is 0.125. The molecular formula is C8H10BClN2O2. The van der Waals surface area contributed by atoms with Crippen molar-refractivity contribution >= 4 is 35.9 Å². The van der Waals surface area contributed by atoms with Crippen LogP contribution < -0.4 is 5.46 Å². The minimum Gasteiger partial charge on any atom is -0.423 e. The van der Waals surface area contributed by atoms with Crippen LogP contribution in [0.3, 0.4) is 0 Å². The van der Waals surface area contributed by atoms with Gasteiger partial charge in [-0.05, 0) is 24.0 Å². The summed E-state index contributed by atoms with van der Waals surface area (Å²) in [5.74, 6) is 0. The van der Waals surface area contributed by atoms with Crippen LogP contribution in [0.15, 0.2) is 18.3 Å². The van der Waals surface area contributed by atoms with Gasteiger partial charge in [-0.2, -0.15) is 5.10 Å². The fourth-order valence-electron chi connectivity index (χ4n) is 1.46. The van der Waals surface area contributed by atoms with Crippen molar-refractivity contribution in [1.29, 1.82) is 0 Å². The normalized spacial score (nSPS) is 9.93. The Morgan fingerprint density at radius 3 is 2.71 bits per heavy atom. The third kappa shape index (κ3) is 1.62. The molecule has 1 aromatic heterocycles. The summed E-state index contributed by atoms with van der Waals surface area (Å²) in [7, 11) is -1.42. The first-order valence-electron chi connectivity index (χ1n) is 3.99. The number of hydrogen-bond donors (Lipinski definition) is 3. The van der Waals surface area contributed by atoms with Crippen LogP contribution in [0.1, 0.15) is 5.56 Å². The highest BCUT2D eigenvalue weighted by Crippen LogP contribution is 2.13. The van der Waals surface area contributed by atoms with Crippen molar-refractivity contribution in [3.63, 3.8) is 0 Å². The Balaban J connectivity index is 0.000000980. The molecule has 0 aliphatic carbocycles. The van der Waals surface area contributed by atoms with E-state index in [2.05, 4.69) is 10.2 Å². The number of benzene rings is 1. The third-order valence-corrected chi connectivity index (χ3v) is 2.21. The van der Waals surface area contributed by atoms with E-state index in [0.29, 0.717) is 5.46 Å². The molecule has 2 rings (SSSR count). The average Bonchev–Trinajstić information content (AvgIpc) is 2.52. The molecule has 0 saturated carbocycles. The van der Waals surface area contributed by atoms with Gasteiger partial charge in [0, 0.05) is 5.39 Å². The summed E-state index contributed by atoms with van der Waals surface area (Å²) in [4.78, 5) is 0. The first kappa shape index (κ1) is 11.0. The maximum atomic E-state index is 9.03. The van der Waals surface area contributed by atoms with Crippen LogP contribution >= 0.6 is 12.4 Å². The lowest BCUT2D eigenvalue weighted by Gasteiger charge is -2.04. The van der Waals surface area contributed by atoms with Gasteiger partial charge < -0.3 is 10.0 Å². The summed E-state index contributed by atoms with van der Waals surface area (Å²) < 4.78 is 0. The molecule has 3 N–H and O–H groups in total. The summed E-state index contributed by atoms with van der Waals surface area (Å²) in [6.45, 7) is 1.84. The molecule has 0 fully saturated rings. The van der Waals surface area contributed by atoms with Crippen molar-refractivity contribution in [1.82, 2.24) is 10.2 Å². The quantitative estimate of drug-likeness (QED) is 0.582. The number of nitrogens with one attached hydrogen (secondary N) is 1. The molecule has 2 aromatic rings. The fourth-order valence-corrected chi connectivity index (χ4v) is 1.46. The Kier molecular flexibility index (Phi) is 3.15. The van der Waals surface area contributed by atoms with Crippen molar-refractivity contribution in [3.8, 4) is 0 Å². The van der Waals surface area contributed by atoms with E-state index in [1.165, 1.54) is 0 Å². The van der Waals surface area contributed by atoms with Crippen molar-refractivity contribution in [2.75, 3.05) is 0 Å². The summed E-state index contributed by atoms with van der Waals surface area (Å²) in [5, 5.41) is 25.7. The van der Waals surface area contributed by atoms with Crippen LogP contribution in [0.2, 0.25) is 0 Å². The van der Waals surface area contributed by atoms with Crippen LogP contribution in [0.25, 0.3) is 10.9 Å². The highest BCUT2D eigenvalue weighted by atomic mass is 35.5. The molecule has 4 nitrogen and oxygen atoms in total. The van der Waals surface area contributed by atoms with Gasteiger partial charge in [0.1, 0.15) is 0 Å². The van der Waals surface area contributed by atoms with E-state index < -0.39 is 7.12 Å². The van der Waals surface area contributed by atoms with E-state index in [1.807, 2.05) is 6.92 Å². The molecule has 74 valence electrons. The van der Waals surface area contributed by atoms with Gasteiger partial charge >= 0.3 is 7.12 Å². The highest BCUT2D eigenvalue weighted by molar-refractivity contribution is 6.59. The molecule has 0 radical (unpaired) electrons. The number of hydrogen-bond acceptors (Lipinski definition) is 3. The second kappa shape index (κ2) is 4.00. The van der Waals surface area contributed by atoms with Crippen LogP contribution in [-0.4, -0.2) is 27.4 Å². The van der Waals surface area contributed by atoms with E-state index in [0.717, 1.165) is 16.5 Å². The van der Waals surface area contributed by atoms with E-state index in [-0.39, 0.29) is 12.4 Å². The second-order valence-electron chi connectivity index (χ2n) is 2.98. The van der Waals surface area contributed by atoms with Crippen molar-refractivity contribution < 1.29 is 10.0 Å². The van der Waals surface area contributed by atoms with Gasteiger partial charge in [0.15, 0.2) is 0 Å². The smallest absolute Gasteiger partial charge is 0.423 e. The maximum Gasteiger partial charge on any atom is 0.488 e. The SMILES string of the molecule is Cc1c(B(O)O)ccc2[nH]ncc12.Cl. The summed E-state index contributed by atoms with van der Waals surface area (Å²) in [6, 6.07) is 3.46. The number of rotatable bonds is 1. The van der Waals surface area contributed by atoms with Gasteiger partial charge in [-0.15, -0.1) is 12.4 Å². The molecule has 6 heteroatoms. The largest absolute Gasteiger partial charge is 0.488 e. The van der Waals surface area contributed by atoms with Gasteiger partial charge in [-0.3, -0.25) is 5.10 Å². The van der Waals surface area contributed by atoms with E-state index in [4.69, 9.17) is 10.0 Å². The van der Waals surface area contributed by atoms with Gasteiger partial charge in [0.25, 0.3) is 0 Å². The molecular weight excluding hydrogens is 202 g/mol. The zero-order valence-electron chi connectivity index (χ0n) is 7.56. The Hall–Kier alpha value is -1.04. The van der Waals surface area contributed by atoms with Gasteiger partial charge in [-0.1, -0.05) is 6.07 Å². The zero-order valence-corrected chi connectivity index (χ0v) is 8.38. The molecule has 0 amide bonds. The molecule has 0 atom stereocenters. The summed E-state index contributed by atoms with van der Waals surface area (Å²) in [5.41, 5.74) is 2.28. The second-order valence-corrected chi connectivity index (χ2v) is 2.98. The van der Waals surface area contributed by atoms with E-state index in [9.17, 15) is 0 Å². The van der Waals surface area contributed by atoms with Crippen molar-refractivity contribution in [2.45, 2.75) is 6.92 Å². The average molecular weight is 212 g/mol. The Bertz CT molecular complexity index is 444. The molecule has 1 heterocycles. The topological polar surface area (TPSA) is 69.1 Å². The van der Waals surface area contributed by atoms with E-state index >= 15 is 0 Å². The molecule has 0 spiro atoms. The standard InChI is InChI=1S/C8H9BN2O2.ClH/c1-5-6-4-10-11-8(6)3-2-7(5)9(12)13;/h2-4,12-13H,1H3,(H,10,11);1H. The number of nitrogens with zero attached hydrogens (tertiary/aromatic N) is 1. The van der Waals surface area contributed by atoms with Crippen LogP contribution in [0.4, 0.5) is 0 Å². The van der Waals surface area contributed by atoms with Gasteiger partial charge in [0.05, 0.1) is 11.7 Å². The molecule has 0 bridgehead atoms. The van der Waals surface area contributed by atoms with Crippen molar-refractivity contribution in [3.05, 3.63) is 23.9 Å². The molecule has 0 unspecified atom stereocenters. The first-order chi connectivity index (χ1) is 6.20. The molecule has 14 heavy (non-hydrogen) atoms. The first-order valence-corrected chi connectivity index (χ1v) is 3.99. The maximum absolute atomic E-state index is 9.03. The number of fused-ring (bicyclic) bond motifs is 1. The van der Waals surface area contributed by atoms with E-state index in [1.54, 1.807) is 18.3 Å². The Morgan fingerprint density at radius 1 is 1.36 bits per heavy atom. The highest BCUT2D eigenvalue weighted by Gasteiger charge is 2.15. The Labute approximate surface area is 87.5 Å². The minimum absolute atomic E-state index is 0. The molecule has 0 aliphatic rings. The van der Waals surface area contributed by atoms with Crippen molar-refractivity contribution in [2.24, 2.45) is 0 Å². The van der Waals surface area contributed by atoms with Crippen LogP contribution in [0.5, 0.6) is 0 Å². The van der Waals surface area contributed by atoms with Crippen LogP contribution in [-0.2, 0) is 0 Å². The predicted octanol–water partition coefficient (Wildman–Crippen LogP) is -0.0271. The number of aromatic amines is 1. The van der Waals surface area contributed by atoms with Gasteiger partial charge in [-0.25, -0.2) is 0 Å². The minimum atomic E-state index is -1.42. The molecule has 0 aliphatic heterocycles. The lowest BCUT2D eigenvalue weighted by atomic mass is 9.76. The molecule has 1 aromatic carbocycles. The summed E-state index contributed by atoms with van der Waals surface area (Å²) >= 11 is 0. The number of aromatic nitrogens is 2. The Morgan fingerprint density at radius 2 is 2.07 bits per heavy atom. The number of aryl methyl sites for hydroxylation is 1. The van der Waals surface area contributed by atoms with Gasteiger partial charge in [0.2, 0.25) is 0 Å². The number of H-pyrrole nitrogens is 1. The monoisotopic (exact) mass is 212 g/mol. The predicted molar refractivity (Wildman–Crippen MR) is 57.9 cm³/mol. The third-order valence-electron chi connectivity index (χ3n) is 2.21.